The van der Waals surface area contributed by atoms with Crippen molar-refractivity contribution >= 4 is 17.8 Å². The smallest absolute Gasteiger partial charge is 0.408 e. The predicted octanol–water partition coefficient (Wildman–Crippen LogP) is 5.04. The molecule has 0 bridgehead atoms. The van der Waals surface area contributed by atoms with Gasteiger partial charge in [0.05, 0.1) is 24.1 Å². The average Bonchev–Trinajstić information content (AvgIpc) is 3.78. The average molecular weight is 563 g/mol. The Kier molecular flexibility index (Phi) is 7.91. The van der Waals surface area contributed by atoms with Crippen molar-refractivity contribution in [1.82, 2.24) is 25.2 Å². The van der Waals surface area contributed by atoms with Crippen LogP contribution in [0.1, 0.15) is 95.5 Å². The van der Waals surface area contributed by atoms with E-state index in [1.165, 1.54) is 0 Å². The highest BCUT2D eigenvalue weighted by molar-refractivity contribution is 5.68. The van der Waals surface area contributed by atoms with E-state index < -0.39 is 29.8 Å². The van der Waals surface area contributed by atoms with Crippen LogP contribution in [-0.2, 0) is 9.47 Å². The second-order valence-corrected chi connectivity index (χ2v) is 12.6. The number of fused-ring (bicyclic) bond motifs is 1. The van der Waals surface area contributed by atoms with E-state index in [9.17, 15) is 18.4 Å². The van der Waals surface area contributed by atoms with E-state index in [0.29, 0.717) is 29.7 Å². The number of primary amides is 1. The van der Waals surface area contributed by atoms with Crippen molar-refractivity contribution in [2.45, 2.75) is 102 Å². The quantitative estimate of drug-likeness (QED) is 0.370. The fraction of sp³-hybridized carbons (Fsp3) is 0.714. The lowest BCUT2D eigenvalue weighted by atomic mass is 9.81. The number of aromatic nitrogens is 3. The van der Waals surface area contributed by atoms with E-state index in [0.717, 1.165) is 31.2 Å². The summed E-state index contributed by atoms with van der Waals surface area (Å²) in [6.45, 7) is 5.83. The number of imidazole rings is 1. The molecule has 5 rings (SSSR count). The van der Waals surface area contributed by atoms with Gasteiger partial charge in [0.1, 0.15) is 11.7 Å². The van der Waals surface area contributed by atoms with Gasteiger partial charge in [-0.1, -0.05) is 0 Å². The van der Waals surface area contributed by atoms with Crippen LogP contribution in [0.15, 0.2) is 18.5 Å². The number of hydrogen-bond donors (Lipinski definition) is 3. The van der Waals surface area contributed by atoms with Crippen LogP contribution in [0.5, 0.6) is 0 Å². The zero-order chi connectivity index (χ0) is 28.7. The summed E-state index contributed by atoms with van der Waals surface area (Å²) in [6, 6.07) is 1.40. The predicted molar refractivity (Wildman–Crippen MR) is 143 cm³/mol. The molecule has 3 aliphatic carbocycles. The summed E-state index contributed by atoms with van der Waals surface area (Å²) in [5.41, 5.74) is 6.71. The highest BCUT2D eigenvalue weighted by Gasteiger charge is 2.40. The molecule has 2 aromatic rings. The van der Waals surface area contributed by atoms with Crippen LogP contribution < -0.4 is 16.4 Å². The lowest BCUT2D eigenvalue weighted by Gasteiger charge is -2.33. The first-order chi connectivity index (χ1) is 18.9. The number of nitrogens with one attached hydrogen (secondary N) is 2. The Labute approximate surface area is 232 Å². The molecule has 0 unspecified atom stereocenters. The number of rotatable bonds is 10. The fourth-order valence-corrected chi connectivity index (χ4v) is 5.64. The lowest BCUT2D eigenvalue weighted by Crippen LogP contribution is -2.40. The molecule has 3 fully saturated rings. The minimum absolute atomic E-state index is 0.0200. The number of carbonyl (C=O) groups excluding carboxylic acids is 2. The van der Waals surface area contributed by atoms with Crippen LogP contribution in [0.25, 0.3) is 5.65 Å². The number of alkyl halides is 2. The number of halogens is 2. The van der Waals surface area contributed by atoms with Gasteiger partial charge in [-0.15, -0.1) is 0 Å². The molecular formula is C28H40F2N6O4. The van der Waals surface area contributed by atoms with Gasteiger partial charge in [-0.05, 0) is 88.7 Å². The van der Waals surface area contributed by atoms with Crippen molar-refractivity contribution in [1.29, 1.82) is 0 Å². The third-order valence-corrected chi connectivity index (χ3v) is 7.99. The number of ether oxygens (including phenoxy) is 2. The Morgan fingerprint density at radius 3 is 2.35 bits per heavy atom. The Morgan fingerprint density at radius 1 is 1.10 bits per heavy atom. The number of amides is 2. The molecule has 0 radical (unpaired) electrons. The van der Waals surface area contributed by atoms with Crippen molar-refractivity contribution in [3.63, 3.8) is 0 Å². The lowest BCUT2D eigenvalue weighted by molar-refractivity contribution is -0.0500. The number of hydrogen-bond acceptors (Lipinski definition) is 7. The molecule has 3 atom stereocenters. The molecule has 40 heavy (non-hydrogen) atoms. The second-order valence-electron chi connectivity index (χ2n) is 12.6. The fourth-order valence-electron chi connectivity index (χ4n) is 5.64. The monoisotopic (exact) mass is 562 g/mol. The zero-order valence-corrected chi connectivity index (χ0v) is 23.4. The minimum Gasteiger partial charge on any atom is -0.445 e. The summed E-state index contributed by atoms with van der Waals surface area (Å²) in [6.07, 6.45) is 6.22. The summed E-state index contributed by atoms with van der Waals surface area (Å²) >= 11 is 0. The van der Waals surface area contributed by atoms with E-state index in [4.69, 9.17) is 20.2 Å². The van der Waals surface area contributed by atoms with E-state index in [1.54, 1.807) is 37.7 Å². The Hall–Kier alpha value is -3.02. The first kappa shape index (κ1) is 28.5. The molecule has 4 N–H and O–H groups in total. The van der Waals surface area contributed by atoms with E-state index in [-0.39, 0.29) is 43.7 Å². The van der Waals surface area contributed by atoms with Gasteiger partial charge in [0, 0.05) is 25.4 Å². The van der Waals surface area contributed by atoms with E-state index >= 15 is 0 Å². The van der Waals surface area contributed by atoms with E-state index in [1.807, 2.05) is 6.07 Å². The normalized spacial score (nSPS) is 21.9. The molecule has 0 spiro atoms. The topological polar surface area (TPSA) is 133 Å². The van der Waals surface area contributed by atoms with Crippen LogP contribution in [-0.4, -0.2) is 51.0 Å². The van der Waals surface area contributed by atoms with Crippen molar-refractivity contribution in [2.24, 2.45) is 23.5 Å². The van der Waals surface area contributed by atoms with Gasteiger partial charge < -0.3 is 25.8 Å². The van der Waals surface area contributed by atoms with Crippen LogP contribution in [0.2, 0.25) is 0 Å². The van der Waals surface area contributed by atoms with Crippen LogP contribution in [0.4, 0.5) is 18.4 Å². The van der Waals surface area contributed by atoms with Crippen molar-refractivity contribution in [3.05, 3.63) is 29.7 Å². The standard InChI is InChI=1S/C28H40F2N6O4/c1-27(2,3)40-26(38)35-24(18-8-10-28(29,30)11-9-18)20-15-36-22(34-20)12-19(13-33-36)23(17-6-7-17)32-14-21(16-4-5-16)39-25(31)37/h12-13,15-18,21,23-24,32H,4-11,14H2,1-3H3,(H2,31,37)(H,35,38)/t21-,23+,24-/m0/s1. The minimum atomic E-state index is -2.69. The maximum Gasteiger partial charge on any atom is 0.408 e. The van der Waals surface area contributed by atoms with Gasteiger partial charge in [-0.25, -0.2) is 27.9 Å². The third-order valence-electron chi connectivity index (χ3n) is 7.99. The third kappa shape index (κ3) is 7.38. The Morgan fingerprint density at radius 2 is 1.75 bits per heavy atom. The summed E-state index contributed by atoms with van der Waals surface area (Å²) < 4.78 is 40.3. The molecule has 12 heteroatoms. The molecule has 3 saturated carbocycles. The summed E-state index contributed by atoms with van der Waals surface area (Å²) in [7, 11) is 0. The van der Waals surface area contributed by atoms with Crippen molar-refractivity contribution in [2.75, 3.05) is 6.54 Å². The van der Waals surface area contributed by atoms with Gasteiger partial charge in [-0.2, -0.15) is 5.10 Å². The maximum atomic E-state index is 13.9. The molecule has 0 aliphatic heterocycles. The van der Waals surface area contributed by atoms with Gasteiger partial charge in [0.25, 0.3) is 0 Å². The molecular weight excluding hydrogens is 522 g/mol. The number of nitrogens with zero attached hydrogens (tertiary/aromatic N) is 3. The Bertz CT molecular complexity index is 1210. The van der Waals surface area contributed by atoms with Crippen molar-refractivity contribution in [3.8, 4) is 0 Å². The van der Waals surface area contributed by atoms with Crippen molar-refractivity contribution < 1.29 is 27.8 Å². The molecule has 2 aromatic heterocycles. The summed E-state index contributed by atoms with van der Waals surface area (Å²) in [5, 5.41) is 11.1. The van der Waals surface area contributed by atoms with Gasteiger partial charge >= 0.3 is 12.2 Å². The molecule has 2 heterocycles. The van der Waals surface area contributed by atoms with E-state index in [2.05, 4.69) is 15.7 Å². The number of alkyl carbamates (subject to hydrolysis) is 1. The molecule has 0 saturated heterocycles. The summed E-state index contributed by atoms with van der Waals surface area (Å²) in [5.74, 6) is -2.11. The number of nitrogens with two attached hydrogens (primary N) is 1. The number of carbonyl (C=O) groups is 2. The molecule has 220 valence electrons. The zero-order valence-electron chi connectivity index (χ0n) is 23.4. The Balaban J connectivity index is 1.36. The van der Waals surface area contributed by atoms with Crippen LogP contribution >= 0.6 is 0 Å². The summed E-state index contributed by atoms with van der Waals surface area (Å²) in [4.78, 5) is 28.9. The highest BCUT2D eigenvalue weighted by Crippen LogP contribution is 2.43. The highest BCUT2D eigenvalue weighted by atomic mass is 19.3. The molecule has 0 aromatic carbocycles. The second kappa shape index (κ2) is 11.1. The molecule has 3 aliphatic rings. The molecule has 2 amide bonds. The molecule has 10 nitrogen and oxygen atoms in total. The van der Waals surface area contributed by atoms with Gasteiger partial charge in [0.15, 0.2) is 5.65 Å². The SMILES string of the molecule is CC(C)(C)OC(=O)N[C@H](c1cn2ncc([C@H](NC[C@H](OC(N)=O)C3CC3)C3CC3)cc2n1)C1CCC(F)(F)CC1. The van der Waals surface area contributed by atoms with Gasteiger partial charge in [-0.3, -0.25) is 0 Å². The first-order valence-electron chi connectivity index (χ1n) is 14.3. The van der Waals surface area contributed by atoms with Crippen LogP contribution in [0, 0.1) is 17.8 Å². The largest absolute Gasteiger partial charge is 0.445 e. The first-order valence-corrected chi connectivity index (χ1v) is 14.3. The van der Waals surface area contributed by atoms with Gasteiger partial charge in [0.2, 0.25) is 5.92 Å². The van der Waals surface area contributed by atoms with Crippen LogP contribution in [0.3, 0.4) is 0 Å². The maximum absolute atomic E-state index is 13.9.